The number of esters is 1. The fourth-order valence-electron chi connectivity index (χ4n) is 0.421. The molecule has 0 radical (unpaired) electrons. The van der Waals surface area contributed by atoms with Crippen molar-refractivity contribution >= 4 is 5.97 Å². The molecule has 0 aromatic rings. The first-order valence-electron chi connectivity index (χ1n) is 2.67. The minimum atomic E-state index is -0.319. The number of carbonyl (C=O) groups is 1. The van der Waals surface area contributed by atoms with Crippen LogP contribution in [0.5, 0.6) is 0 Å². The average Bonchev–Trinajstić information content (AvgIpc) is 1.87. The van der Waals surface area contributed by atoms with E-state index in [1.165, 1.54) is 7.11 Å². The van der Waals surface area contributed by atoms with Crippen LogP contribution in [-0.2, 0) is 9.53 Å². The number of methoxy groups -OCH3 is 1. The van der Waals surface area contributed by atoms with Gasteiger partial charge in [-0.1, -0.05) is 6.08 Å². The third-order valence-corrected chi connectivity index (χ3v) is 0.931. The van der Waals surface area contributed by atoms with Crippen molar-refractivity contribution in [1.29, 1.82) is 0 Å². The highest BCUT2D eigenvalue weighted by atomic mass is 16.5. The Morgan fingerprint density at radius 2 is 2.33 bits per heavy atom. The molecule has 0 fully saturated rings. The summed E-state index contributed by atoms with van der Waals surface area (Å²) in [5, 5.41) is 0. The molecule has 3 nitrogen and oxygen atoms in total. The highest BCUT2D eigenvalue weighted by molar-refractivity contribution is 5.87. The van der Waals surface area contributed by atoms with E-state index in [-0.39, 0.29) is 5.97 Å². The van der Waals surface area contributed by atoms with Gasteiger partial charge in [-0.05, 0) is 6.92 Å². The summed E-state index contributed by atoms with van der Waals surface area (Å²) in [7, 11) is 1.34. The second kappa shape index (κ2) is 4.09. The summed E-state index contributed by atoms with van der Waals surface area (Å²) >= 11 is 0. The molecule has 0 aliphatic carbocycles. The Morgan fingerprint density at radius 1 is 1.78 bits per heavy atom. The van der Waals surface area contributed by atoms with Gasteiger partial charge in [0.15, 0.2) is 0 Å². The minimum Gasteiger partial charge on any atom is -0.466 e. The maximum atomic E-state index is 10.6. The van der Waals surface area contributed by atoms with Gasteiger partial charge >= 0.3 is 5.97 Å². The predicted octanol–water partition coefficient (Wildman–Crippen LogP) is 0.0644. The van der Waals surface area contributed by atoms with Crippen LogP contribution in [0, 0.1) is 0 Å². The normalized spacial score (nSPS) is 11.2. The predicted molar refractivity (Wildman–Crippen MR) is 34.8 cm³/mol. The van der Waals surface area contributed by atoms with E-state index in [1.54, 1.807) is 13.0 Å². The molecule has 2 N–H and O–H groups in total. The van der Waals surface area contributed by atoms with E-state index < -0.39 is 0 Å². The Morgan fingerprint density at radius 3 is 2.67 bits per heavy atom. The van der Waals surface area contributed by atoms with Gasteiger partial charge in [-0.25, -0.2) is 4.79 Å². The number of hydrogen-bond donors (Lipinski definition) is 1. The van der Waals surface area contributed by atoms with Crippen LogP contribution in [0.25, 0.3) is 0 Å². The molecule has 0 aliphatic rings. The van der Waals surface area contributed by atoms with Gasteiger partial charge in [0.05, 0.1) is 7.11 Å². The second-order valence-electron chi connectivity index (χ2n) is 1.61. The van der Waals surface area contributed by atoms with Crippen molar-refractivity contribution in [2.75, 3.05) is 13.7 Å². The van der Waals surface area contributed by atoms with Crippen LogP contribution < -0.4 is 5.73 Å². The van der Waals surface area contributed by atoms with Crippen LogP contribution in [0.4, 0.5) is 0 Å². The van der Waals surface area contributed by atoms with E-state index in [9.17, 15) is 4.79 Å². The van der Waals surface area contributed by atoms with Gasteiger partial charge in [-0.2, -0.15) is 0 Å². The number of ether oxygens (including phenoxy) is 1. The van der Waals surface area contributed by atoms with E-state index in [4.69, 9.17) is 5.73 Å². The summed E-state index contributed by atoms with van der Waals surface area (Å²) in [6.07, 6.45) is 1.62. The first-order chi connectivity index (χ1) is 4.22. The molecule has 0 unspecified atom stereocenters. The highest BCUT2D eigenvalue weighted by Crippen LogP contribution is 1.92. The standard InChI is InChI=1S/C6H11NO2/c1-5(3-4-7)6(8)9-2/h3H,4,7H2,1-2H3/b5-3+. The van der Waals surface area contributed by atoms with Gasteiger partial charge in [0, 0.05) is 12.1 Å². The van der Waals surface area contributed by atoms with Gasteiger partial charge in [0.1, 0.15) is 0 Å². The molecule has 0 atom stereocenters. The first-order valence-corrected chi connectivity index (χ1v) is 2.67. The van der Waals surface area contributed by atoms with Crippen LogP contribution in [-0.4, -0.2) is 19.6 Å². The lowest BCUT2D eigenvalue weighted by atomic mass is 10.3. The Hall–Kier alpha value is -0.830. The number of nitrogens with two attached hydrogens (primary N) is 1. The molecule has 0 saturated heterocycles. The zero-order valence-corrected chi connectivity index (χ0v) is 5.68. The summed E-state index contributed by atoms with van der Waals surface area (Å²) in [5.41, 5.74) is 5.69. The zero-order chi connectivity index (χ0) is 7.28. The van der Waals surface area contributed by atoms with E-state index in [0.717, 1.165) is 0 Å². The van der Waals surface area contributed by atoms with Crippen LogP contribution in [0.1, 0.15) is 6.92 Å². The molecule has 0 aromatic heterocycles. The van der Waals surface area contributed by atoms with Gasteiger partial charge in [0.25, 0.3) is 0 Å². The largest absolute Gasteiger partial charge is 0.466 e. The Balaban J connectivity index is 3.86. The van der Waals surface area contributed by atoms with Gasteiger partial charge < -0.3 is 10.5 Å². The third-order valence-electron chi connectivity index (χ3n) is 0.931. The van der Waals surface area contributed by atoms with Crippen molar-refractivity contribution in [1.82, 2.24) is 0 Å². The Kier molecular flexibility index (Phi) is 3.71. The lowest BCUT2D eigenvalue weighted by molar-refractivity contribution is -0.136. The number of carbonyl (C=O) groups excluding carboxylic acids is 1. The van der Waals surface area contributed by atoms with Crippen molar-refractivity contribution in [3.05, 3.63) is 11.6 Å². The summed E-state index contributed by atoms with van der Waals surface area (Å²) in [6.45, 7) is 2.04. The van der Waals surface area contributed by atoms with Crippen LogP contribution in [0.3, 0.4) is 0 Å². The molecule has 0 spiro atoms. The molecule has 9 heavy (non-hydrogen) atoms. The summed E-state index contributed by atoms with van der Waals surface area (Å²) < 4.78 is 4.40. The van der Waals surface area contributed by atoms with Crippen LogP contribution in [0.2, 0.25) is 0 Å². The molecule has 0 rings (SSSR count). The average molecular weight is 129 g/mol. The molecule has 0 aromatic carbocycles. The first kappa shape index (κ1) is 8.17. The van der Waals surface area contributed by atoms with Crippen molar-refractivity contribution < 1.29 is 9.53 Å². The maximum absolute atomic E-state index is 10.6. The van der Waals surface area contributed by atoms with E-state index in [0.29, 0.717) is 12.1 Å². The Labute approximate surface area is 54.5 Å². The van der Waals surface area contributed by atoms with Crippen molar-refractivity contribution in [2.24, 2.45) is 5.73 Å². The highest BCUT2D eigenvalue weighted by Gasteiger charge is 1.99. The summed E-state index contributed by atoms with van der Waals surface area (Å²) in [6, 6.07) is 0. The third kappa shape index (κ3) is 2.87. The van der Waals surface area contributed by atoms with Gasteiger partial charge in [-0.3, -0.25) is 0 Å². The molecule has 0 amide bonds. The molecule has 52 valence electrons. The monoisotopic (exact) mass is 129 g/mol. The molecule has 0 saturated carbocycles. The molecular weight excluding hydrogens is 118 g/mol. The summed E-state index contributed by atoms with van der Waals surface area (Å²) in [5.74, 6) is -0.319. The van der Waals surface area contributed by atoms with E-state index >= 15 is 0 Å². The van der Waals surface area contributed by atoms with Crippen LogP contribution >= 0.6 is 0 Å². The minimum absolute atomic E-state index is 0.319. The summed E-state index contributed by atoms with van der Waals surface area (Å²) in [4.78, 5) is 10.6. The second-order valence-corrected chi connectivity index (χ2v) is 1.61. The smallest absolute Gasteiger partial charge is 0.333 e. The molecule has 0 heterocycles. The maximum Gasteiger partial charge on any atom is 0.333 e. The lowest BCUT2D eigenvalue weighted by Gasteiger charge is -1.95. The molecule has 0 bridgehead atoms. The zero-order valence-electron chi connectivity index (χ0n) is 5.68. The van der Waals surface area contributed by atoms with Gasteiger partial charge in [0.2, 0.25) is 0 Å². The number of hydrogen-bond acceptors (Lipinski definition) is 3. The van der Waals surface area contributed by atoms with E-state index in [1.807, 2.05) is 0 Å². The Bertz CT molecular complexity index is 129. The fourth-order valence-corrected chi connectivity index (χ4v) is 0.421. The van der Waals surface area contributed by atoms with Crippen LogP contribution in [0.15, 0.2) is 11.6 Å². The molecule has 3 heteroatoms. The number of rotatable bonds is 2. The van der Waals surface area contributed by atoms with Crippen molar-refractivity contribution in [3.63, 3.8) is 0 Å². The fraction of sp³-hybridized carbons (Fsp3) is 0.500. The topological polar surface area (TPSA) is 52.3 Å². The lowest BCUT2D eigenvalue weighted by Crippen LogP contribution is -2.04. The molecule has 0 aliphatic heterocycles. The quantitative estimate of drug-likeness (QED) is 0.424. The van der Waals surface area contributed by atoms with Gasteiger partial charge in [-0.15, -0.1) is 0 Å². The molecular formula is C6H11NO2. The van der Waals surface area contributed by atoms with Crippen molar-refractivity contribution in [3.8, 4) is 0 Å². The van der Waals surface area contributed by atoms with Crippen molar-refractivity contribution in [2.45, 2.75) is 6.92 Å². The van der Waals surface area contributed by atoms with E-state index in [2.05, 4.69) is 4.74 Å². The SMILES string of the molecule is COC(=O)/C(C)=C/CN.